The second kappa shape index (κ2) is 4.70. The van der Waals surface area contributed by atoms with Gasteiger partial charge in [0.05, 0.1) is 0 Å². The highest BCUT2D eigenvalue weighted by molar-refractivity contribution is 5.32. The minimum absolute atomic E-state index is 0.219. The lowest BCUT2D eigenvalue weighted by atomic mass is 9.86. The summed E-state index contributed by atoms with van der Waals surface area (Å²) in [6, 6.07) is 0. The lowest BCUT2D eigenvalue weighted by Crippen LogP contribution is -2.63. The third kappa shape index (κ3) is 2.11. The van der Waals surface area contributed by atoms with Crippen LogP contribution >= 0.6 is 0 Å². The maximum atomic E-state index is 5.54. The van der Waals surface area contributed by atoms with Crippen molar-refractivity contribution in [2.45, 2.75) is 37.1 Å². The summed E-state index contributed by atoms with van der Waals surface area (Å²) >= 11 is 0. The number of rotatable bonds is 2. The molecular formula is C14H22N4O2. The molecule has 1 saturated carbocycles. The Hall–Kier alpha value is -1.14. The molecule has 2 saturated heterocycles. The predicted octanol–water partition coefficient (Wildman–Crippen LogP) is 1.25. The third-order valence-electron chi connectivity index (χ3n) is 5.06. The van der Waals surface area contributed by atoms with E-state index in [1.54, 1.807) is 0 Å². The molecule has 0 N–H and O–H groups in total. The average Bonchev–Trinajstić information content (AvgIpc) is 3.21. The molecule has 6 heteroatoms. The zero-order valence-electron chi connectivity index (χ0n) is 12.0. The Morgan fingerprint density at radius 1 is 1.20 bits per heavy atom. The Balaban J connectivity index is 1.53. The van der Waals surface area contributed by atoms with Gasteiger partial charge in [-0.15, -0.1) is 0 Å². The lowest BCUT2D eigenvalue weighted by Gasteiger charge is -2.50. The standard InChI is InChI=1S/C14H22N4O2/c1-17-6-7-18(10-14(17)4-8-19-9-5-14)13-15-12(20-16-13)11-2-3-11/h11H,2-10H2,1H3. The number of likely N-dealkylation sites (N-methyl/N-ethyl adjacent to an activating group) is 1. The molecule has 6 nitrogen and oxygen atoms in total. The molecule has 0 amide bonds. The third-order valence-corrected chi connectivity index (χ3v) is 5.06. The van der Waals surface area contributed by atoms with E-state index in [1.807, 2.05) is 0 Å². The number of piperazine rings is 1. The zero-order valence-corrected chi connectivity index (χ0v) is 12.0. The molecule has 1 aliphatic carbocycles. The minimum atomic E-state index is 0.219. The number of nitrogens with zero attached hydrogens (tertiary/aromatic N) is 4. The predicted molar refractivity (Wildman–Crippen MR) is 73.9 cm³/mol. The van der Waals surface area contributed by atoms with E-state index in [9.17, 15) is 0 Å². The summed E-state index contributed by atoms with van der Waals surface area (Å²) in [5, 5.41) is 4.19. The van der Waals surface area contributed by atoms with Gasteiger partial charge in [0.25, 0.3) is 5.95 Å². The van der Waals surface area contributed by atoms with Crippen molar-refractivity contribution in [3.05, 3.63) is 5.89 Å². The zero-order chi connectivity index (χ0) is 13.6. The molecule has 0 atom stereocenters. The van der Waals surface area contributed by atoms with E-state index in [2.05, 4.69) is 27.0 Å². The van der Waals surface area contributed by atoms with Gasteiger partial charge in [0, 0.05) is 44.3 Å². The Morgan fingerprint density at radius 2 is 2.00 bits per heavy atom. The van der Waals surface area contributed by atoms with Gasteiger partial charge in [-0.3, -0.25) is 4.90 Å². The van der Waals surface area contributed by atoms with Crippen LogP contribution in [0.15, 0.2) is 4.52 Å². The molecule has 3 aliphatic rings. The minimum Gasteiger partial charge on any atom is -0.381 e. The quantitative estimate of drug-likeness (QED) is 0.811. The second-order valence-corrected chi connectivity index (χ2v) is 6.39. The normalized spacial score (nSPS) is 27.1. The highest BCUT2D eigenvalue weighted by Gasteiger charge is 2.42. The van der Waals surface area contributed by atoms with Gasteiger partial charge in [-0.25, -0.2) is 0 Å². The first kappa shape index (κ1) is 12.6. The Morgan fingerprint density at radius 3 is 2.75 bits per heavy atom. The van der Waals surface area contributed by atoms with Crippen LogP contribution in [-0.2, 0) is 4.74 Å². The van der Waals surface area contributed by atoms with E-state index in [0.29, 0.717) is 5.92 Å². The van der Waals surface area contributed by atoms with Crippen molar-refractivity contribution in [2.24, 2.45) is 0 Å². The molecule has 1 spiro atoms. The number of ether oxygens (including phenoxy) is 1. The molecule has 0 bridgehead atoms. The van der Waals surface area contributed by atoms with Crippen LogP contribution in [0.4, 0.5) is 5.95 Å². The summed E-state index contributed by atoms with van der Waals surface area (Å²) in [5.41, 5.74) is 0.219. The second-order valence-electron chi connectivity index (χ2n) is 6.39. The van der Waals surface area contributed by atoms with Gasteiger partial charge in [-0.05, 0) is 37.9 Å². The molecule has 1 aromatic rings. The fourth-order valence-electron chi connectivity index (χ4n) is 3.38. The van der Waals surface area contributed by atoms with Crippen LogP contribution in [0.1, 0.15) is 37.5 Å². The van der Waals surface area contributed by atoms with E-state index < -0.39 is 0 Å². The van der Waals surface area contributed by atoms with Crippen LogP contribution in [0.3, 0.4) is 0 Å². The van der Waals surface area contributed by atoms with Crippen molar-refractivity contribution >= 4 is 5.95 Å². The van der Waals surface area contributed by atoms with E-state index in [1.165, 1.54) is 12.8 Å². The monoisotopic (exact) mass is 278 g/mol. The SMILES string of the molecule is CN1CCN(c2noc(C3CC3)n2)CC12CCOCC2. The summed E-state index contributed by atoms with van der Waals surface area (Å²) in [4.78, 5) is 9.38. The Bertz CT molecular complexity index is 479. The lowest BCUT2D eigenvalue weighted by molar-refractivity contribution is -0.0223. The number of hydrogen-bond donors (Lipinski definition) is 0. The smallest absolute Gasteiger partial charge is 0.266 e. The number of hydrogen-bond acceptors (Lipinski definition) is 6. The molecular weight excluding hydrogens is 256 g/mol. The summed E-state index contributed by atoms with van der Waals surface area (Å²) < 4.78 is 10.9. The van der Waals surface area contributed by atoms with Crippen molar-refractivity contribution in [2.75, 3.05) is 44.8 Å². The van der Waals surface area contributed by atoms with Gasteiger partial charge in [-0.2, -0.15) is 4.98 Å². The first-order valence-electron chi connectivity index (χ1n) is 7.64. The molecule has 3 heterocycles. The van der Waals surface area contributed by atoms with Crippen LogP contribution in [0.5, 0.6) is 0 Å². The average molecular weight is 278 g/mol. The first-order chi connectivity index (χ1) is 9.77. The maximum absolute atomic E-state index is 5.54. The van der Waals surface area contributed by atoms with Gasteiger partial charge in [-0.1, -0.05) is 0 Å². The Labute approximate surface area is 119 Å². The van der Waals surface area contributed by atoms with Crippen LogP contribution in [0.2, 0.25) is 0 Å². The molecule has 4 rings (SSSR count). The van der Waals surface area contributed by atoms with Crippen LogP contribution < -0.4 is 4.90 Å². The van der Waals surface area contributed by atoms with Crippen molar-refractivity contribution in [3.8, 4) is 0 Å². The van der Waals surface area contributed by atoms with Crippen molar-refractivity contribution in [3.63, 3.8) is 0 Å². The fourth-order valence-corrected chi connectivity index (χ4v) is 3.38. The van der Waals surface area contributed by atoms with E-state index >= 15 is 0 Å². The van der Waals surface area contributed by atoms with Crippen LogP contribution in [0, 0.1) is 0 Å². The van der Waals surface area contributed by atoms with E-state index in [4.69, 9.17) is 9.26 Å². The summed E-state index contributed by atoms with van der Waals surface area (Å²) in [5.74, 6) is 2.14. The molecule has 3 fully saturated rings. The van der Waals surface area contributed by atoms with Gasteiger partial charge in [0.2, 0.25) is 5.89 Å². The highest BCUT2D eigenvalue weighted by atomic mass is 16.5. The topological polar surface area (TPSA) is 54.6 Å². The van der Waals surface area contributed by atoms with Crippen LogP contribution in [0.25, 0.3) is 0 Å². The van der Waals surface area contributed by atoms with Crippen molar-refractivity contribution in [1.82, 2.24) is 15.0 Å². The molecule has 2 aliphatic heterocycles. The number of anilines is 1. The van der Waals surface area contributed by atoms with Crippen molar-refractivity contribution < 1.29 is 9.26 Å². The Kier molecular flexibility index (Phi) is 2.96. The summed E-state index contributed by atoms with van der Waals surface area (Å²) in [7, 11) is 2.23. The molecule has 0 aromatic carbocycles. The maximum Gasteiger partial charge on any atom is 0.266 e. The van der Waals surface area contributed by atoms with Crippen molar-refractivity contribution in [1.29, 1.82) is 0 Å². The highest BCUT2D eigenvalue weighted by Crippen LogP contribution is 2.40. The number of aromatic nitrogens is 2. The summed E-state index contributed by atoms with van der Waals surface area (Å²) in [6.07, 6.45) is 4.58. The molecule has 20 heavy (non-hydrogen) atoms. The molecule has 0 unspecified atom stereocenters. The molecule has 0 radical (unpaired) electrons. The fraction of sp³-hybridized carbons (Fsp3) is 0.857. The van der Waals surface area contributed by atoms with Gasteiger partial charge in [0.15, 0.2) is 0 Å². The molecule has 1 aromatic heterocycles. The largest absolute Gasteiger partial charge is 0.381 e. The van der Waals surface area contributed by atoms with Gasteiger partial charge in [0.1, 0.15) is 0 Å². The van der Waals surface area contributed by atoms with E-state index in [-0.39, 0.29) is 5.54 Å². The van der Waals surface area contributed by atoms with Gasteiger partial charge >= 0.3 is 0 Å². The van der Waals surface area contributed by atoms with Gasteiger partial charge < -0.3 is 14.2 Å². The molecule has 110 valence electrons. The van der Waals surface area contributed by atoms with Crippen LogP contribution in [-0.4, -0.2) is 60.5 Å². The summed E-state index contributed by atoms with van der Waals surface area (Å²) in [6.45, 7) is 4.72. The van der Waals surface area contributed by atoms with E-state index in [0.717, 1.165) is 57.5 Å². The first-order valence-corrected chi connectivity index (χ1v) is 7.64.